The highest BCUT2D eigenvalue weighted by Crippen LogP contribution is 2.66. The molecule has 7 atom stereocenters. The van der Waals surface area contributed by atoms with Crippen LogP contribution in [0.15, 0.2) is 18.6 Å². The minimum absolute atomic E-state index is 0.107. The van der Waals surface area contributed by atoms with Crippen molar-refractivity contribution in [2.24, 2.45) is 0 Å². The number of aromatic nitrogens is 3. The van der Waals surface area contributed by atoms with Crippen molar-refractivity contribution < 1.29 is 60.6 Å². The lowest BCUT2D eigenvalue weighted by Crippen LogP contribution is -2.43. The van der Waals surface area contributed by atoms with Crippen molar-refractivity contribution >= 4 is 40.3 Å². The maximum atomic E-state index is 15.5. The quantitative estimate of drug-likeness (QED) is 0.255. The molecule has 1 fully saturated rings. The Kier molecular flexibility index (Phi) is 6.94. The normalized spacial score (nSPS) is 30.7. The van der Waals surface area contributed by atoms with Crippen LogP contribution in [0.2, 0.25) is 0 Å². The highest BCUT2D eigenvalue weighted by atomic mass is 31.3. The molecule has 16 nitrogen and oxygen atoms in total. The fraction of sp³-hybridized carbons (Fsp3) is 0.538. The third kappa shape index (κ3) is 5.68. The zero-order chi connectivity index (χ0) is 25.0. The van der Waals surface area contributed by atoms with Crippen LogP contribution in [-0.2, 0) is 31.6 Å². The number of alkyl halides is 1. The van der Waals surface area contributed by atoms with E-state index in [0.29, 0.717) is 5.39 Å². The van der Waals surface area contributed by atoms with Gasteiger partial charge in [-0.3, -0.25) is 4.52 Å². The SMILES string of the molecule is CC(OP(=O)(O)OP(=O)(O)OP(=O)(O)O)[C@H]1O[C@@H](n2ccc3c(N)ncnc32)[C@](C)(F)[C@@H]1O. The summed E-state index contributed by atoms with van der Waals surface area (Å²) in [5.74, 6) is 0.107. The zero-order valence-electron chi connectivity index (χ0n) is 16.8. The van der Waals surface area contributed by atoms with Crippen LogP contribution in [0.3, 0.4) is 0 Å². The van der Waals surface area contributed by atoms with E-state index >= 15 is 4.39 Å². The molecule has 2 aromatic heterocycles. The van der Waals surface area contributed by atoms with E-state index in [1.165, 1.54) is 16.8 Å². The second kappa shape index (κ2) is 8.72. The molecule has 1 saturated heterocycles. The first kappa shape index (κ1) is 26.3. The summed E-state index contributed by atoms with van der Waals surface area (Å²) < 4.78 is 68.3. The summed E-state index contributed by atoms with van der Waals surface area (Å²) in [6.45, 7) is 2.05. The fourth-order valence-corrected chi connectivity index (χ4v) is 6.48. The lowest BCUT2D eigenvalue weighted by Gasteiger charge is -2.26. The van der Waals surface area contributed by atoms with E-state index in [0.717, 1.165) is 20.2 Å². The number of anilines is 1. The summed E-state index contributed by atoms with van der Waals surface area (Å²) >= 11 is 0. The van der Waals surface area contributed by atoms with E-state index < -0.39 is 53.7 Å². The van der Waals surface area contributed by atoms with Gasteiger partial charge in [0.25, 0.3) is 0 Å². The van der Waals surface area contributed by atoms with E-state index in [-0.39, 0.29) is 11.5 Å². The Morgan fingerprint density at radius 3 is 2.45 bits per heavy atom. The number of fused-ring (bicyclic) bond motifs is 1. The molecule has 3 heterocycles. The summed E-state index contributed by atoms with van der Waals surface area (Å²) in [7, 11) is -16.9. The van der Waals surface area contributed by atoms with Gasteiger partial charge in [0.05, 0.1) is 11.5 Å². The Hall–Kier alpha value is -1.32. The smallest absolute Gasteiger partial charge is 0.387 e. The molecule has 1 aliphatic rings. The molecule has 2 aromatic rings. The van der Waals surface area contributed by atoms with Crippen molar-refractivity contribution in [1.82, 2.24) is 14.5 Å². The van der Waals surface area contributed by atoms with Gasteiger partial charge in [0.1, 0.15) is 30.0 Å². The summed E-state index contributed by atoms with van der Waals surface area (Å²) in [5, 5.41) is 10.8. The number of halogens is 1. The molecule has 3 rings (SSSR count). The highest BCUT2D eigenvalue weighted by molar-refractivity contribution is 7.66. The second-order valence-corrected chi connectivity index (χ2v) is 11.5. The number of aliphatic hydroxyl groups excluding tert-OH is 1. The predicted molar refractivity (Wildman–Crippen MR) is 106 cm³/mol. The van der Waals surface area contributed by atoms with Gasteiger partial charge < -0.3 is 39.7 Å². The van der Waals surface area contributed by atoms with Crippen molar-refractivity contribution in [2.45, 2.75) is 44.1 Å². The van der Waals surface area contributed by atoms with E-state index in [9.17, 15) is 28.6 Å². The molecule has 0 amide bonds. The number of hydrogen-bond donors (Lipinski definition) is 6. The molecule has 186 valence electrons. The number of rotatable bonds is 8. The number of nitrogens with two attached hydrogens (primary N) is 1. The molecular weight excluding hydrogens is 516 g/mol. The zero-order valence-corrected chi connectivity index (χ0v) is 19.5. The van der Waals surface area contributed by atoms with Gasteiger partial charge in [-0.05, 0) is 19.9 Å². The fourth-order valence-electron chi connectivity index (χ4n) is 3.28. The van der Waals surface area contributed by atoms with Crippen molar-refractivity contribution in [3.63, 3.8) is 0 Å². The van der Waals surface area contributed by atoms with Gasteiger partial charge >= 0.3 is 23.5 Å². The molecule has 33 heavy (non-hydrogen) atoms. The number of hydrogen-bond acceptors (Lipinski definition) is 11. The van der Waals surface area contributed by atoms with Crippen LogP contribution >= 0.6 is 23.5 Å². The first-order valence-corrected chi connectivity index (χ1v) is 13.4. The lowest BCUT2D eigenvalue weighted by atomic mass is 9.96. The van der Waals surface area contributed by atoms with Gasteiger partial charge in [0.15, 0.2) is 11.9 Å². The maximum absolute atomic E-state index is 15.5. The summed E-state index contributed by atoms with van der Waals surface area (Å²) in [4.78, 5) is 43.9. The number of aliphatic hydroxyl groups is 1. The Bertz CT molecular complexity index is 1190. The molecule has 1 aliphatic heterocycles. The van der Waals surface area contributed by atoms with Gasteiger partial charge in [-0.1, -0.05) is 0 Å². The van der Waals surface area contributed by atoms with Crippen molar-refractivity contribution in [2.75, 3.05) is 5.73 Å². The molecule has 0 saturated carbocycles. The second-order valence-electron chi connectivity index (χ2n) is 7.17. The maximum Gasteiger partial charge on any atom is 0.490 e. The lowest BCUT2D eigenvalue weighted by molar-refractivity contribution is -0.0772. The van der Waals surface area contributed by atoms with Crippen LogP contribution in [0, 0.1) is 0 Å². The van der Waals surface area contributed by atoms with Gasteiger partial charge in [0, 0.05) is 6.20 Å². The Morgan fingerprint density at radius 2 is 1.85 bits per heavy atom. The molecule has 3 unspecified atom stereocenters. The molecule has 0 spiro atoms. The standard InChI is InChI=1S/C13H20FN4O12P3/c1-6(28-32(23,24)30-33(25,26)29-31(20,21)22)8-9(19)13(2,14)12(27-8)18-4-3-7-10(15)16-5-17-11(7)18/h3-6,8-9,12,19H,1-2H3,(H,23,24)(H,25,26)(H2,15,16,17)(H2,20,21,22)/t6?,8-,9-,12-,13-/m1/s1. The van der Waals surface area contributed by atoms with Gasteiger partial charge in [-0.15, -0.1) is 0 Å². The highest BCUT2D eigenvalue weighted by Gasteiger charge is 2.58. The van der Waals surface area contributed by atoms with Crippen LogP contribution in [0.5, 0.6) is 0 Å². The monoisotopic (exact) mass is 536 g/mol. The molecule has 7 N–H and O–H groups in total. The summed E-state index contributed by atoms with van der Waals surface area (Å²) in [6, 6.07) is 1.49. The molecule has 0 aliphatic carbocycles. The van der Waals surface area contributed by atoms with Crippen LogP contribution < -0.4 is 5.73 Å². The van der Waals surface area contributed by atoms with Gasteiger partial charge in [-0.25, -0.2) is 28.1 Å². The number of nitrogens with zero attached hydrogens (tertiary/aromatic N) is 3. The molecule has 0 aromatic carbocycles. The Labute approximate surface area is 184 Å². The van der Waals surface area contributed by atoms with E-state index in [4.69, 9.17) is 20.3 Å². The van der Waals surface area contributed by atoms with Crippen molar-refractivity contribution in [3.05, 3.63) is 18.6 Å². The average molecular weight is 536 g/mol. The molecule has 0 bridgehead atoms. The van der Waals surface area contributed by atoms with Crippen LogP contribution in [-0.4, -0.2) is 63.2 Å². The van der Waals surface area contributed by atoms with Crippen LogP contribution in [0.1, 0.15) is 20.1 Å². The number of ether oxygens (including phenoxy) is 1. The van der Waals surface area contributed by atoms with Crippen LogP contribution in [0.4, 0.5) is 10.2 Å². The molecule has 0 radical (unpaired) electrons. The van der Waals surface area contributed by atoms with E-state index in [1.807, 2.05) is 0 Å². The third-order valence-electron chi connectivity index (χ3n) is 4.63. The summed E-state index contributed by atoms with van der Waals surface area (Å²) in [5.41, 5.74) is 3.43. The van der Waals surface area contributed by atoms with Gasteiger partial charge in [-0.2, -0.15) is 8.62 Å². The number of phosphoric ester groups is 1. The van der Waals surface area contributed by atoms with E-state index in [2.05, 4.69) is 23.1 Å². The predicted octanol–water partition coefficient (Wildman–Crippen LogP) is 0.732. The molecule has 20 heteroatoms. The van der Waals surface area contributed by atoms with Gasteiger partial charge in [0.2, 0.25) is 0 Å². The Morgan fingerprint density at radius 1 is 1.21 bits per heavy atom. The topological polar surface area (TPSA) is 246 Å². The third-order valence-corrected chi connectivity index (χ3v) is 8.56. The van der Waals surface area contributed by atoms with E-state index in [1.54, 1.807) is 0 Å². The first-order valence-electron chi connectivity index (χ1n) is 8.85. The minimum Gasteiger partial charge on any atom is -0.387 e. The van der Waals surface area contributed by atoms with Crippen LogP contribution in [0.25, 0.3) is 11.0 Å². The molecular formula is C13H20FN4O12P3. The summed E-state index contributed by atoms with van der Waals surface area (Å²) in [6.07, 6.45) is -4.22. The Balaban J connectivity index is 1.81. The first-order chi connectivity index (χ1) is 14.9. The largest absolute Gasteiger partial charge is 0.490 e. The van der Waals surface area contributed by atoms with Crippen molar-refractivity contribution in [1.29, 1.82) is 0 Å². The number of phosphoric acid groups is 3. The minimum atomic E-state index is -5.76. The number of nitrogen functional groups attached to an aromatic ring is 1. The average Bonchev–Trinajstić information content (AvgIpc) is 3.11. The van der Waals surface area contributed by atoms with Crippen molar-refractivity contribution in [3.8, 4) is 0 Å².